The van der Waals surface area contributed by atoms with Gasteiger partial charge in [-0.15, -0.1) is 0 Å². The molecule has 3 nitrogen and oxygen atoms in total. The Balaban J connectivity index is 2.66. The van der Waals surface area contributed by atoms with E-state index < -0.39 is 5.91 Å². The molecule has 17 heavy (non-hydrogen) atoms. The van der Waals surface area contributed by atoms with Crippen LogP contribution in [0.5, 0.6) is 0 Å². The first-order valence-corrected chi connectivity index (χ1v) is 5.93. The lowest BCUT2D eigenvalue weighted by atomic mass is 10.2. The third-order valence-corrected chi connectivity index (χ3v) is 2.25. The summed E-state index contributed by atoms with van der Waals surface area (Å²) in [4.78, 5) is 12.5. The lowest BCUT2D eigenvalue weighted by Gasteiger charge is -2.13. The number of thiol groups is 1. The highest BCUT2D eigenvalue weighted by Gasteiger charge is 1.93. The van der Waals surface area contributed by atoms with Gasteiger partial charge in [-0.2, -0.15) is 12.6 Å². The molecule has 0 fully saturated rings. The van der Waals surface area contributed by atoms with Crippen LogP contribution in [-0.4, -0.2) is 23.1 Å². The highest BCUT2D eigenvalue weighted by molar-refractivity contribution is 7.80. The van der Waals surface area contributed by atoms with E-state index in [9.17, 15) is 4.79 Å². The highest BCUT2D eigenvalue weighted by atomic mass is 32.1. The molecule has 0 aromatic heterocycles. The molecule has 90 valence electrons. The van der Waals surface area contributed by atoms with Crippen molar-refractivity contribution in [1.29, 1.82) is 0 Å². The van der Waals surface area contributed by atoms with Crippen molar-refractivity contribution in [2.45, 2.75) is 0 Å². The fraction of sp³-hybridized carbons (Fsp3) is 0.154. The Hall–Kier alpha value is -1.68. The molecular formula is C13H16N2OS. The molecule has 0 aliphatic heterocycles. The lowest BCUT2D eigenvalue weighted by Crippen LogP contribution is -2.14. The number of hydrogen-bond donors (Lipinski definition) is 2. The predicted molar refractivity (Wildman–Crippen MR) is 74.4 cm³/mol. The summed E-state index contributed by atoms with van der Waals surface area (Å²) >= 11 is 4.16. The monoisotopic (exact) mass is 248 g/mol. The van der Waals surface area contributed by atoms with E-state index in [0.29, 0.717) is 5.75 Å². The maximum atomic E-state index is 10.6. The molecule has 1 aromatic carbocycles. The zero-order chi connectivity index (χ0) is 12.5. The second-order valence-corrected chi connectivity index (χ2v) is 3.85. The third kappa shape index (κ3) is 5.82. The minimum absolute atomic E-state index is 0.456. The first kappa shape index (κ1) is 13.4. The number of nitrogens with zero attached hydrogens (tertiary/aromatic N) is 1. The smallest absolute Gasteiger partial charge is 0.242 e. The molecule has 0 spiro atoms. The Morgan fingerprint density at radius 3 is 2.59 bits per heavy atom. The van der Waals surface area contributed by atoms with Crippen LogP contribution in [0.3, 0.4) is 0 Å². The molecule has 0 bridgehead atoms. The van der Waals surface area contributed by atoms with E-state index in [1.165, 1.54) is 6.08 Å². The van der Waals surface area contributed by atoms with Crippen LogP contribution < -0.4 is 5.73 Å². The number of carbonyl (C=O) groups is 1. The van der Waals surface area contributed by atoms with Gasteiger partial charge in [-0.05, 0) is 11.6 Å². The summed E-state index contributed by atoms with van der Waals surface area (Å²) < 4.78 is 0. The number of primary amides is 1. The summed E-state index contributed by atoms with van der Waals surface area (Å²) in [5.41, 5.74) is 6.15. The molecule has 1 rings (SSSR count). The second kappa shape index (κ2) is 7.57. The second-order valence-electron chi connectivity index (χ2n) is 3.41. The summed E-state index contributed by atoms with van der Waals surface area (Å²) in [7, 11) is 0. The fourth-order valence-electron chi connectivity index (χ4n) is 1.23. The van der Waals surface area contributed by atoms with E-state index in [1.807, 2.05) is 47.5 Å². The molecule has 1 amide bonds. The fourth-order valence-corrected chi connectivity index (χ4v) is 1.46. The van der Waals surface area contributed by atoms with Crippen molar-refractivity contribution in [2.24, 2.45) is 5.73 Å². The standard InChI is InChI=1S/C13H16N2OS/c14-13(16)7-9-15(10-11-17)8-6-12-4-2-1-3-5-12/h1-9,17H,10-11H2,(H2,14,16). The first-order chi connectivity index (χ1) is 8.22. The number of nitrogens with two attached hydrogens (primary N) is 1. The third-order valence-electron chi connectivity index (χ3n) is 2.05. The molecule has 0 saturated carbocycles. The van der Waals surface area contributed by atoms with Gasteiger partial charge in [-0.3, -0.25) is 4.79 Å². The quantitative estimate of drug-likeness (QED) is 0.596. The van der Waals surface area contributed by atoms with Crippen molar-refractivity contribution in [1.82, 2.24) is 4.90 Å². The minimum atomic E-state index is -0.456. The Kier molecular flexibility index (Phi) is 5.96. The SMILES string of the molecule is NC(=O)C=CN(C=Cc1ccccc1)CCS. The van der Waals surface area contributed by atoms with Gasteiger partial charge in [0.15, 0.2) is 0 Å². The van der Waals surface area contributed by atoms with Gasteiger partial charge < -0.3 is 10.6 Å². The maximum absolute atomic E-state index is 10.6. The van der Waals surface area contributed by atoms with E-state index in [-0.39, 0.29) is 0 Å². The van der Waals surface area contributed by atoms with Crippen LogP contribution in [0.2, 0.25) is 0 Å². The number of rotatable bonds is 6. The summed E-state index contributed by atoms with van der Waals surface area (Å²) in [5.74, 6) is 0.240. The largest absolute Gasteiger partial charge is 0.366 e. The van der Waals surface area contributed by atoms with Crippen molar-refractivity contribution in [3.63, 3.8) is 0 Å². The number of hydrogen-bond acceptors (Lipinski definition) is 3. The molecule has 0 saturated heterocycles. The van der Waals surface area contributed by atoms with E-state index in [0.717, 1.165) is 12.1 Å². The molecule has 1 aromatic rings. The molecule has 0 unspecified atom stereocenters. The first-order valence-electron chi connectivity index (χ1n) is 5.30. The van der Waals surface area contributed by atoms with E-state index in [2.05, 4.69) is 12.6 Å². The predicted octanol–water partition coefficient (Wildman–Crippen LogP) is 1.89. The van der Waals surface area contributed by atoms with Crippen LogP contribution in [0.25, 0.3) is 6.08 Å². The van der Waals surface area contributed by atoms with E-state index >= 15 is 0 Å². The van der Waals surface area contributed by atoms with Gasteiger partial charge in [-0.1, -0.05) is 30.3 Å². The van der Waals surface area contributed by atoms with Crippen molar-refractivity contribution >= 4 is 24.6 Å². The van der Waals surface area contributed by atoms with Crippen LogP contribution in [0.1, 0.15) is 5.56 Å². The van der Waals surface area contributed by atoms with E-state index in [4.69, 9.17) is 5.73 Å². The van der Waals surface area contributed by atoms with Crippen molar-refractivity contribution in [3.8, 4) is 0 Å². The molecule has 0 aliphatic rings. The zero-order valence-electron chi connectivity index (χ0n) is 9.49. The van der Waals surface area contributed by atoms with Crippen LogP contribution in [0.4, 0.5) is 0 Å². The van der Waals surface area contributed by atoms with Crippen LogP contribution >= 0.6 is 12.6 Å². The van der Waals surface area contributed by atoms with Crippen molar-refractivity contribution < 1.29 is 4.79 Å². The molecule has 0 aliphatic carbocycles. The Bertz CT molecular complexity index is 401. The normalized spacial score (nSPS) is 11.1. The van der Waals surface area contributed by atoms with Crippen molar-refractivity contribution in [2.75, 3.05) is 12.3 Å². The highest BCUT2D eigenvalue weighted by Crippen LogP contribution is 2.03. The Morgan fingerprint density at radius 2 is 2.00 bits per heavy atom. The van der Waals surface area contributed by atoms with Crippen LogP contribution in [-0.2, 0) is 4.79 Å². The van der Waals surface area contributed by atoms with E-state index in [1.54, 1.807) is 6.20 Å². The van der Waals surface area contributed by atoms with Gasteiger partial charge >= 0.3 is 0 Å². The molecule has 0 heterocycles. The molecule has 0 radical (unpaired) electrons. The Morgan fingerprint density at radius 1 is 1.29 bits per heavy atom. The van der Waals surface area contributed by atoms with Crippen LogP contribution in [0.15, 0.2) is 48.8 Å². The minimum Gasteiger partial charge on any atom is -0.366 e. The van der Waals surface area contributed by atoms with Crippen LogP contribution in [0, 0.1) is 0 Å². The topological polar surface area (TPSA) is 46.3 Å². The summed E-state index contributed by atoms with van der Waals surface area (Å²) in [6, 6.07) is 9.93. The average Bonchev–Trinajstić information content (AvgIpc) is 2.34. The van der Waals surface area contributed by atoms with Gasteiger partial charge in [0.2, 0.25) is 5.91 Å². The maximum Gasteiger partial charge on any atom is 0.242 e. The molecule has 4 heteroatoms. The average molecular weight is 248 g/mol. The van der Waals surface area contributed by atoms with Gasteiger partial charge in [0.1, 0.15) is 0 Å². The van der Waals surface area contributed by atoms with Crippen molar-refractivity contribution in [3.05, 3.63) is 54.4 Å². The van der Waals surface area contributed by atoms with Gasteiger partial charge in [0.05, 0.1) is 0 Å². The summed E-state index contributed by atoms with van der Waals surface area (Å²) in [6.45, 7) is 0.718. The summed E-state index contributed by atoms with van der Waals surface area (Å²) in [6.07, 6.45) is 6.84. The molecular weight excluding hydrogens is 232 g/mol. The number of amides is 1. The number of benzene rings is 1. The van der Waals surface area contributed by atoms with Gasteiger partial charge in [0.25, 0.3) is 0 Å². The lowest BCUT2D eigenvalue weighted by molar-refractivity contribution is -0.113. The van der Waals surface area contributed by atoms with Gasteiger partial charge in [-0.25, -0.2) is 0 Å². The zero-order valence-corrected chi connectivity index (χ0v) is 10.4. The molecule has 0 atom stereocenters. The molecule has 2 N–H and O–H groups in total. The number of carbonyl (C=O) groups excluding carboxylic acids is 1. The summed E-state index contributed by atoms with van der Waals surface area (Å²) in [5, 5.41) is 0. The van der Waals surface area contributed by atoms with Gasteiger partial charge in [0, 0.05) is 30.8 Å². The Labute approximate surface area is 107 Å².